The predicted octanol–water partition coefficient (Wildman–Crippen LogP) is 3.93. The van der Waals surface area contributed by atoms with Crippen LogP contribution >= 0.6 is 0 Å². The second-order valence-corrected chi connectivity index (χ2v) is 6.51. The second-order valence-electron chi connectivity index (χ2n) is 6.51. The largest absolute Gasteiger partial charge is 0.312 e. The lowest BCUT2D eigenvalue weighted by Gasteiger charge is -2.27. The third-order valence-corrected chi connectivity index (χ3v) is 4.70. The normalized spacial score (nSPS) is 15.7. The molecule has 25 heavy (non-hydrogen) atoms. The van der Waals surface area contributed by atoms with Crippen molar-refractivity contribution in [3.8, 4) is 6.07 Å². The highest BCUT2D eigenvalue weighted by atomic mass is 16.2. The molecule has 0 spiro atoms. The average Bonchev–Trinajstić information content (AvgIpc) is 2.67. The fourth-order valence-electron chi connectivity index (χ4n) is 3.14. The summed E-state index contributed by atoms with van der Waals surface area (Å²) in [7, 11) is 0. The third-order valence-electron chi connectivity index (χ3n) is 4.70. The summed E-state index contributed by atoms with van der Waals surface area (Å²) in [6.45, 7) is 3.66. The van der Waals surface area contributed by atoms with Crippen LogP contribution in [0.3, 0.4) is 0 Å². The van der Waals surface area contributed by atoms with Crippen molar-refractivity contribution in [1.29, 1.82) is 5.26 Å². The Balaban J connectivity index is 1.60. The van der Waals surface area contributed by atoms with Gasteiger partial charge in [0.25, 0.3) is 0 Å². The number of benzene rings is 2. The number of hydrogen-bond acceptors (Lipinski definition) is 3. The summed E-state index contributed by atoms with van der Waals surface area (Å²) in [4.78, 5) is 13.9. The molecular weight excluding hydrogens is 310 g/mol. The molecule has 1 saturated heterocycles. The third kappa shape index (κ3) is 4.26. The minimum Gasteiger partial charge on any atom is -0.312 e. The number of carbonyl (C=O) groups is 1. The molecule has 2 aromatic carbocycles. The molecule has 0 bridgehead atoms. The molecule has 128 valence electrons. The number of rotatable bonds is 5. The summed E-state index contributed by atoms with van der Waals surface area (Å²) in [6.07, 6.45) is 2.74. The Labute approximate surface area is 149 Å². The fourth-order valence-corrected chi connectivity index (χ4v) is 3.14. The molecule has 1 atom stereocenters. The molecule has 1 N–H and O–H groups in total. The second kappa shape index (κ2) is 7.96. The van der Waals surface area contributed by atoms with Crippen LogP contribution in [0.1, 0.15) is 48.9 Å². The molecule has 1 aliphatic rings. The SMILES string of the molecule is CC(NCc1ccc(N2CCCCC2=O)cc1)c1cccc(C#N)c1. The van der Waals surface area contributed by atoms with E-state index in [1.807, 2.05) is 41.3 Å². The lowest BCUT2D eigenvalue weighted by atomic mass is 10.1. The fraction of sp³-hybridized carbons (Fsp3) is 0.333. The number of nitrogens with zero attached hydrogens (tertiary/aromatic N) is 2. The summed E-state index contributed by atoms with van der Waals surface area (Å²) in [5.41, 5.74) is 3.95. The van der Waals surface area contributed by atoms with E-state index in [1.165, 1.54) is 5.56 Å². The first-order valence-corrected chi connectivity index (χ1v) is 8.80. The number of nitrogens with one attached hydrogen (secondary N) is 1. The maximum atomic E-state index is 12.0. The summed E-state index contributed by atoms with van der Waals surface area (Å²) in [5, 5.41) is 12.5. The first kappa shape index (κ1) is 17.2. The van der Waals surface area contributed by atoms with Gasteiger partial charge in [-0.3, -0.25) is 4.79 Å². The van der Waals surface area contributed by atoms with Gasteiger partial charge in [0.15, 0.2) is 0 Å². The zero-order valence-electron chi connectivity index (χ0n) is 14.5. The molecule has 2 aromatic rings. The molecule has 3 rings (SSSR count). The Morgan fingerprint density at radius 2 is 2.00 bits per heavy atom. The van der Waals surface area contributed by atoms with E-state index < -0.39 is 0 Å². The van der Waals surface area contributed by atoms with Crippen LogP contribution in [0.25, 0.3) is 0 Å². The van der Waals surface area contributed by atoms with Gasteiger partial charge in [-0.05, 0) is 55.2 Å². The highest BCUT2D eigenvalue weighted by Crippen LogP contribution is 2.21. The van der Waals surface area contributed by atoms with E-state index in [9.17, 15) is 4.79 Å². The van der Waals surface area contributed by atoms with E-state index in [2.05, 4.69) is 30.4 Å². The van der Waals surface area contributed by atoms with Gasteiger partial charge < -0.3 is 10.2 Å². The van der Waals surface area contributed by atoms with Crippen molar-refractivity contribution in [3.63, 3.8) is 0 Å². The van der Waals surface area contributed by atoms with E-state index in [-0.39, 0.29) is 11.9 Å². The average molecular weight is 333 g/mol. The molecule has 4 heteroatoms. The Hall–Kier alpha value is -2.64. The molecule has 1 aliphatic heterocycles. The van der Waals surface area contributed by atoms with E-state index in [0.29, 0.717) is 12.0 Å². The van der Waals surface area contributed by atoms with Gasteiger partial charge in [-0.2, -0.15) is 5.26 Å². The number of hydrogen-bond donors (Lipinski definition) is 1. The number of carbonyl (C=O) groups excluding carboxylic acids is 1. The number of amides is 1. The monoisotopic (exact) mass is 333 g/mol. The van der Waals surface area contributed by atoms with E-state index in [1.54, 1.807) is 0 Å². The first-order valence-electron chi connectivity index (χ1n) is 8.80. The molecular formula is C21H23N3O. The zero-order chi connectivity index (χ0) is 17.6. The Kier molecular flexibility index (Phi) is 5.47. The highest BCUT2D eigenvalue weighted by Gasteiger charge is 2.19. The predicted molar refractivity (Wildman–Crippen MR) is 99.1 cm³/mol. The van der Waals surface area contributed by atoms with Gasteiger partial charge in [0.05, 0.1) is 11.6 Å². The molecule has 1 amide bonds. The van der Waals surface area contributed by atoms with Gasteiger partial charge in [0, 0.05) is 31.2 Å². The molecule has 1 fully saturated rings. The van der Waals surface area contributed by atoms with Crippen molar-refractivity contribution in [3.05, 3.63) is 65.2 Å². The van der Waals surface area contributed by atoms with Gasteiger partial charge in [0.1, 0.15) is 0 Å². The van der Waals surface area contributed by atoms with Crippen molar-refractivity contribution in [1.82, 2.24) is 5.32 Å². The molecule has 0 radical (unpaired) electrons. The van der Waals surface area contributed by atoms with Crippen molar-refractivity contribution in [2.45, 2.75) is 38.8 Å². The van der Waals surface area contributed by atoms with Crippen molar-refractivity contribution in [2.75, 3.05) is 11.4 Å². The quantitative estimate of drug-likeness (QED) is 0.902. The maximum Gasteiger partial charge on any atom is 0.226 e. The van der Waals surface area contributed by atoms with E-state index in [4.69, 9.17) is 5.26 Å². The van der Waals surface area contributed by atoms with Crippen LogP contribution in [0.5, 0.6) is 0 Å². The number of piperidine rings is 1. The van der Waals surface area contributed by atoms with E-state index >= 15 is 0 Å². The molecule has 1 unspecified atom stereocenters. The number of nitriles is 1. The van der Waals surface area contributed by atoms with Crippen molar-refractivity contribution < 1.29 is 4.79 Å². The van der Waals surface area contributed by atoms with Crippen LogP contribution in [0.15, 0.2) is 48.5 Å². The summed E-state index contributed by atoms with van der Waals surface area (Å²) in [6, 6.07) is 18.2. The molecule has 0 saturated carbocycles. The molecule has 1 heterocycles. The Morgan fingerprint density at radius 3 is 2.72 bits per heavy atom. The van der Waals surface area contributed by atoms with Crippen LogP contribution < -0.4 is 10.2 Å². The standard InChI is InChI=1S/C21H23N3O/c1-16(19-6-4-5-18(13-19)14-22)23-15-17-8-10-20(11-9-17)24-12-3-2-7-21(24)25/h4-6,8-11,13,16,23H,2-3,7,12,15H2,1H3. The summed E-state index contributed by atoms with van der Waals surface area (Å²) >= 11 is 0. The minimum absolute atomic E-state index is 0.164. The Bertz CT molecular complexity index is 776. The van der Waals surface area contributed by atoms with Gasteiger partial charge in [-0.15, -0.1) is 0 Å². The molecule has 0 aliphatic carbocycles. The first-order chi connectivity index (χ1) is 12.2. The summed E-state index contributed by atoms with van der Waals surface area (Å²) < 4.78 is 0. The van der Waals surface area contributed by atoms with E-state index in [0.717, 1.165) is 37.2 Å². The molecule has 4 nitrogen and oxygen atoms in total. The lowest BCUT2D eigenvalue weighted by molar-refractivity contribution is -0.119. The summed E-state index contributed by atoms with van der Waals surface area (Å²) in [5.74, 6) is 0.225. The Morgan fingerprint density at radius 1 is 1.20 bits per heavy atom. The smallest absolute Gasteiger partial charge is 0.226 e. The topological polar surface area (TPSA) is 56.1 Å². The molecule has 0 aromatic heterocycles. The van der Waals surface area contributed by atoms with Crippen LogP contribution in [0, 0.1) is 11.3 Å². The maximum absolute atomic E-state index is 12.0. The van der Waals surface area contributed by atoms with Crippen LogP contribution in [0.4, 0.5) is 5.69 Å². The van der Waals surface area contributed by atoms with Gasteiger partial charge >= 0.3 is 0 Å². The zero-order valence-corrected chi connectivity index (χ0v) is 14.5. The van der Waals surface area contributed by atoms with Crippen molar-refractivity contribution in [2.24, 2.45) is 0 Å². The van der Waals surface area contributed by atoms with Gasteiger partial charge in [-0.25, -0.2) is 0 Å². The highest BCUT2D eigenvalue weighted by molar-refractivity contribution is 5.93. The lowest BCUT2D eigenvalue weighted by Crippen LogP contribution is -2.35. The minimum atomic E-state index is 0.164. The van der Waals surface area contributed by atoms with Crippen LogP contribution in [-0.2, 0) is 11.3 Å². The number of anilines is 1. The van der Waals surface area contributed by atoms with Crippen LogP contribution in [0.2, 0.25) is 0 Å². The van der Waals surface area contributed by atoms with Crippen molar-refractivity contribution >= 4 is 11.6 Å². The van der Waals surface area contributed by atoms with Crippen LogP contribution in [-0.4, -0.2) is 12.5 Å². The van der Waals surface area contributed by atoms with Gasteiger partial charge in [-0.1, -0.05) is 24.3 Å². The van der Waals surface area contributed by atoms with Gasteiger partial charge in [0.2, 0.25) is 5.91 Å².